The fraction of sp³-hybridized carbons (Fsp3) is 0.611. The van der Waals surface area contributed by atoms with Crippen molar-refractivity contribution in [2.45, 2.75) is 37.9 Å². The van der Waals surface area contributed by atoms with Gasteiger partial charge in [0.05, 0.1) is 20.3 Å². The van der Waals surface area contributed by atoms with Crippen LogP contribution in [0.4, 0.5) is 0 Å². The highest BCUT2D eigenvalue weighted by molar-refractivity contribution is 9.10. The quantitative estimate of drug-likeness (QED) is 0.727. The first-order chi connectivity index (χ1) is 11.2. The zero-order valence-electron chi connectivity index (χ0n) is 13.4. The minimum Gasteiger partial charge on any atom is -0.497 e. The van der Waals surface area contributed by atoms with Crippen LogP contribution in [0.5, 0.6) is 5.75 Å². The summed E-state index contributed by atoms with van der Waals surface area (Å²) in [5, 5.41) is 0. The first-order valence-corrected chi connectivity index (χ1v) is 9.03. The summed E-state index contributed by atoms with van der Waals surface area (Å²) in [6, 6.07) is 5.99. The Balaban J connectivity index is 1.77. The van der Waals surface area contributed by atoms with Crippen LogP contribution in [0.2, 0.25) is 0 Å². The Labute approximate surface area is 145 Å². The third-order valence-corrected chi connectivity index (χ3v) is 5.85. The van der Waals surface area contributed by atoms with E-state index in [0.717, 1.165) is 48.6 Å². The van der Waals surface area contributed by atoms with Crippen molar-refractivity contribution < 1.29 is 19.0 Å². The molecule has 0 aromatic heterocycles. The van der Waals surface area contributed by atoms with Gasteiger partial charge in [-0.25, -0.2) is 0 Å². The molecule has 5 heteroatoms. The Morgan fingerprint density at radius 3 is 2.87 bits per heavy atom. The van der Waals surface area contributed by atoms with Crippen LogP contribution in [0.1, 0.15) is 31.2 Å². The maximum Gasteiger partial charge on any atom is 0.171 e. The Morgan fingerprint density at radius 2 is 2.17 bits per heavy atom. The number of aldehydes is 1. The van der Waals surface area contributed by atoms with E-state index in [1.165, 1.54) is 5.56 Å². The summed E-state index contributed by atoms with van der Waals surface area (Å²) in [6.07, 6.45) is 5.64. The van der Waals surface area contributed by atoms with Gasteiger partial charge in [-0.15, -0.1) is 0 Å². The summed E-state index contributed by atoms with van der Waals surface area (Å²) in [5.41, 5.74) is 1.19. The van der Waals surface area contributed by atoms with Crippen LogP contribution in [-0.4, -0.2) is 32.4 Å². The van der Waals surface area contributed by atoms with Crippen molar-refractivity contribution >= 4 is 22.2 Å². The summed E-state index contributed by atoms with van der Waals surface area (Å²) in [4.78, 5) is 11.5. The van der Waals surface area contributed by atoms with Gasteiger partial charge in [-0.2, -0.15) is 0 Å². The average Bonchev–Trinajstić information content (AvgIpc) is 3.04. The normalized spacial score (nSPS) is 26.3. The molecule has 2 fully saturated rings. The van der Waals surface area contributed by atoms with E-state index >= 15 is 0 Å². The highest BCUT2D eigenvalue weighted by atomic mass is 79.9. The van der Waals surface area contributed by atoms with Crippen molar-refractivity contribution in [3.63, 3.8) is 0 Å². The van der Waals surface area contributed by atoms with Gasteiger partial charge in [0.2, 0.25) is 0 Å². The summed E-state index contributed by atoms with van der Waals surface area (Å²) in [5.74, 6) is 0.442. The fourth-order valence-corrected chi connectivity index (χ4v) is 4.35. The van der Waals surface area contributed by atoms with E-state index in [0.29, 0.717) is 13.2 Å². The number of hydrogen-bond acceptors (Lipinski definition) is 4. The topological polar surface area (TPSA) is 44.8 Å². The Hall–Kier alpha value is -0.910. The van der Waals surface area contributed by atoms with Crippen LogP contribution in [0, 0.1) is 11.8 Å². The molecule has 1 aromatic rings. The smallest absolute Gasteiger partial charge is 0.171 e. The third kappa shape index (κ3) is 3.47. The summed E-state index contributed by atoms with van der Waals surface area (Å²) < 4.78 is 18.3. The number of carbonyl (C=O) groups excluding carboxylic acids is 1. The molecule has 1 aliphatic carbocycles. The molecule has 3 rings (SSSR count). The lowest BCUT2D eigenvalue weighted by molar-refractivity contribution is -0.224. The van der Waals surface area contributed by atoms with Gasteiger partial charge >= 0.3 is 0 Å². The monoisotopic (exact) mass is 382 g/mol. The van der Waals surface area contributed by atoms with Crippen molar-refractivity contribution in [3.8, 4) is 5.75 Å². The van der Waals surface area contributed by atoms with Crippen molar-refractivity contribution in [2.24, 2.45) is 11.8 Å². The maximum atomic E-state index is 11.5. The highest BCUT2D eigenvalue weighted by Crippen LogP contribution is 2.45. The van der Waals surface area contributed by atoms with Gasteiger partial charge in [0.1, 0.15) is 12.0 Å². The van der Waals surface area contributed by atoms with E-state index in [9.17, 15) is 4.79 Å². The molecule has 126 valence electrons. The van der Waals surface area contributed by atoms with Gasteiger partial charge in [-0.05, 0) is 49.4 Å². The van der Waals surface area contributed by atoms with Gasteiger partial charge in [0.15, 0.2) is 5.79 Å². The molecule has 0 radical (unpaired) electrons. The van der Waals surface area contributed by atoms with Crippen LogP contribution < -0.4 is 4.74 Å². The van der Waals surface area contributed by atoms with E-state index in [4.69, 9.17) is 14.2 Å². The average molecular weight is 383 g/mol. The lowest BCUT2D eigenvalue weighted by Gasteiger charge is -2.42. The zero-order chi connectivity index (χ0) is 16.3. The van der Waals surface area contributed by atoms with Crippen molar-refractivity contribution in [3.05, 3.63) is 28.2 Å². The molecule has 0 N–H and O–H groups in total. The lowest BCUT2D eigenvalue weighted by Crippen LogP contribution is -2.47. The zero-order valence-corrected chi connectivity index (χ0v) is 15.0. The minimum atomic E-state index is -0.546. The van der Waals surface area contributed by atoms with E-state index in [1.54, 1.807) is 7.11 Å². The van der Waals surface area contributed by atoms with Gasteiger partial charge in [-0.1, -0.05) is 15.9 Å². The van der Waals surface area contributed by atoms with Crippen molar-refractivity contribution in [1.29, 1.82) is 0 Å². The number of methoxy groups -OCH3 is 1. The second-order valence-corrected chi connectivity index (χ2v) is 7.16. The second-order valence-electron chi connectivity index (χ2n) is 6.30. The van der Waals surface area contributed by atoms with Crippen LogP contribution in [0.3, 0.4) is 0 Å². The SMILES string of the molecule is COc1ccc(Br)c(CCC2C(C=O)CCCC23OCCO3)c1. The number of halogens is 1. The van der Waals surface area contributed by atoms with Crippen molar-refractivity contribution in [1.82, 2.24) is 0 Å². The number of carbonyl (C=O) groups is 1. The lowest BCUT2D eigenvalue weighted by atomic mass is 9.73. The van der Waals surface area contributed by atoms with Crippen LogP contribution >= 0.6 is 15.9 Å². The van der Waals surface area contributed by atoms with Crippen molar-refractivity contribution in [2.75, 3.05) is 20.3 Å². The number of ether oxygens (including phenoxy) is 3. The summed E-state index contributed by atoms with van der Waals surface area (Å²) in [7, 11) is 1.67. The molecular formula is C18H23BrO4. The fourth-order valence-electron chi connectivity index (χ4n) is 3.90. The Kier molecular flexibility index (Phi) is 5.39. The largest absolute Gasteiger partial charge is 0.497 e. The van der Waals surface area contributed by atoms with E-state index < -0.39 is 5.79 Å². The van der Waals surface area contributed by atoms with E-state index in [2.05, 4.69) is 15.9 Å². The molecule has 2 unspecified atom stereocenters. The highest BCUT2D eigenvalue weighted by Gasteiger charge is 2.49. The molecule has 1 spiro atoms. The third-order valence-electron chi connectivity index (χ3n) is 5.07. The van der Waals surface area contributed by atoms with E-state index in [1.807, 2.05) is 18.2 Å². The molecule has 2 aliphatic rings. The van der Waals surface area contributed by atoms with Gasteiger partial charge < -0.3 is 19.0 Å². The molecular weight excluding hydrogens is 360 g/mol. The number of rotatable bonds is 5. The van der Waals surface area contributed by atoms with Gasteiger partial charge in [-0.3, -0.25) is 0 Å². The van der Waals surface area contributed by atoms with Gasteiger partial charge in [0, 0.05) is 22.7 Å². The predicted molar refractivity (Wildman–Crippen MR) is 90.5 cm³/mol. The van der Waals surface area contributed by atoms with Crippen LogP contribution in [0.15, 0.2) is 22.7 Å². The molecule has 4 nitrogen and oxygen atoms in total. The Bertz CT molecular complexity index is 554. The molecule has 23 heavy (non-hydrogen) atoms. The minimum absolute atomic E-state index is 0.0197. The number of aryl methyl sites for hydroxylation is 1. The molecule has 1 saturated heterocycles. The first kappa shape index (κ1) is 16.9. The number of benzene rings is 1. The van der Waals surface area contributed by atoms with Gasteiger partial charge in [0.25, 0.3) is 0 Å². The molecule has 1 aliphatic heterocycles. The molecule has 1 aromatic carbocycles. The van der Waals surface area contributed by atoms with Crippen LogP contribution in [-0.2, 0) is 20.7 Å². The molecule has 0 bridgehead atoms. The first-order valence-electron chi connectivity index (χ1n) is 8.24. The molecule has 1 heterocycles. The standard InChI is InChI=1S/C18H23BrO4/c1-21-15-5-7-17(19)13(11-15)4-6-16-14(12-20)3-2-8-18(16)22-9-10-23-18/h5,7,11-12,14,16H,2-4,6,8-10H2,1H3. The molecule has 1 saturated carbocycles. The predicted octanol–water partition coefficient (Wildman–Crippen LogP) is 3.75. The summed E-state index contributed by atoms with van der Waals surface area (Å²) >= 11 is 3.60. The molecule has 2 atom stereocenters. The van der Waals surface area contributed by atoms with E-state index in [-0.39, 0.29) is 11.8 Å². The molecule has 0 amide bonds. The second kappa shape index (κ2) is 7.32. The summed E-state index contributed by atoms with van der Waals surface area (Å²) in [6.45, 7) is 1.26. The van der Waals surface area contributed by atoms with Crippen LogP contribution in [0.25, 0.3) is 0 Å². The Morgan fingerprint density at radius 1 is 1.39 bits per heavy atom. The number of hydrogen-bond donors (Lipinski definition) is 0. The maximum absolute atomic E-state index is 11.5.